The SMILES string of the molecule is COC(=O)C(=Cc1cc(Br)c(OCC(=O)O)c(OC)c1)C(=O)OC. The van der Waals surface area contributed by atoms with Gasteiger partial charge in [-0.25, -0.2) is 14.4 Å². The van der Waals surface area contributed by atoms with Crippen molar-refractivity contribution in [1.82, 2.24) is 0 Å². The molecule has 0 heterocycles. The summed E-state index contributed by atoms with van der Waals surface area (Å²) < 4.78 is 19.7. The average Bonchev–Trinajstić information content (AvgIpc) is 2.56. The highest BCUT2D eigenvalue weighted by Crippen LogP contribution is 2.37. The first kappa shape index (κ1) is 19.5. The van der Waals surface area contributed by atoms with E-state index in [1.807, 2.05) is 0 Å². The summed E-state index contributed by atoms with van der Waals surface area (Å²) in [5.41, 5.74) is 0.0976. The third-order valence-electron chi connectivity index (χ3n) is 2.71. The van der Waals surface area contributed by atoms with Crippen LogP contribution in [-0.2, 0) is 23.9 Å². The summed E-state index contributed by atoms with van der Waals surface area (Å²) in [5.74, 6) is -2.47. The molecule has 0 bridgehead atoms. The molecule has 1 rings (SSSR count). The number of benzene rings is 1. The average molecular weight is 403 g/mol. The van der Waals surface area contributed by atoms with Gasteiger partial charge in [0.25, 0.3) is 0 Å². The second-order valence-corrected chi connectivity index (χ2v) is 5.11. The molecule has 8 nitrogen and oxygen atoms in total. The van der Waals surface area contributed by atoms with Crippen LogP contribution in [0.4, 0.5) is 0 Å². The molecule has 0 unspecified atom stereocenters. The van der Waals surface area contributed by atoms with E-state index in [4.69, 9.17) is 14.6 Å². The van der Waals surface area contributed by atoms with Crippen LogP contribution >= 0.6 is 15.9 Å². The van der Waals surface area contributed by atoms with Gasteiger partial charge in [0.1, 0.15) is 5.57 Å². The van der Waals surface area contributed by atoms with Gasteiger partial charge in [-0.15, -0.1) is 0 Å². The van der Waals surface area contributed by atoms with Gasteiger partial charge in [0, 0.05) is 0 Å². The van der Waals surface area contributed by atoms with Crippen LogP contribution in [0.15, 0.2) is 22.2 Å². The summed E-state index contributed by atoms with van der Waals surface area (Å²) in [6.07, 6.45) is 1.26. The number of carboxylic acids is 1. The summed E-state index contributed by atoms with van der Waals surface area (Å²) in [5, 5.41) is 8.69. The smallest absolute Gasteiger partial charge is 0.345 e. The van der Waals surface area contributed by atoms with E-state index in [1.165, 1.54) is 25.3 Å². The van der Waals surface area contributed by atoms with Crippen molar-refractivity contribution in [3.05, 3.63) is 27.7 Å². The lowest BCUT2D eigenvalue weighted by Gasteiger charge is -2.12. The third kappa shape index (κ3) is 4.98. The molecule has 0 aliphatic heterocycles. The third-order valence-corrected chi connectivity index (χ3v) is 3.30. The van der Waals surface area contributed by atoms with Crippen LogP contribution in [0.25, 0.3) is 6.08 Å². The van der Waals surface area contributed by atoms with Gasteiger partial charge in [-0.3, -0.25) is 0 Å². The van der Waals surface area contributed by atoms with Crippen LogP contribution in [0.2, 0.25) is 0 Å². The predicted octanol–water partition coefficient (Wildman–Crippen LogP) is 1.65. The molecule has 0 atom stereocenters. The quantitative estimate of drug-likeness (QED) is 0.317. The molecule has 0 saturated carbocycles. The van der Waals surface area contributed by atoms with Crippen molar-refractivity contribution in [2.45, 2.75) is 0 Å². The first-order valence-electron chi connectivity index (χ1n) is 6.44. The highest BCUT2D eigenvalue weighted by atomic mass is 79.9. The molecule has 0 spiro atoms. The first-order chi connectivity index (χ1) is 11.3. The van der Waals surface area contributed by atoms with Crippen molar-refractivity contribution in [1.29, 1.82) is 0 Å². The highest BCUT2D eigenvalue weighted by Gasteiger charge is 2.21. The van der Waals surface area contributed by atoms with Gasteiger partial charge < -0.3 is 24.1 Å². The Hall–Kier alpha value is -2.55. The van der Waals surface area contributed by atoms with Gasteiger partial charge in [-0.1, -0.05) is 0 Å². The number of esters is 2. The standard InChI is InChI=1S/C15H15BrO8/c1-21-11-6-8(4-9(14(19)22-2)15(20)23-3)5-10(16)13(11)24-7-12(17)18/h4-6H,7H2,1-3H3,(H,17,18). The van der Waals surface area contributed by atoms with E-state index >= 15 is 0 Å². The molecular weight excluding hydrogens is 388 g/mol. The molecule has 0 saturated heterocycles. The van der Waals surface area contributed by atoms with Crippen LogP contribution in [0.5, 0.6) is 11.5 Å². The molecule has 130 valence electrons. The molecule has 0 fully saturated rings. The fourth-order valence-electron chi connectivity index (χ4n) is 1.68. The van der Waals surface area contributed by atoms with E-state index in [-0.39, 0.29) is 17.1 Å². The van der Waals surface area contributed by atoms with Crippen molar-refractivity contribution < 1.29 is 38.4 Å². The van der Waals surface area contributed by atoms with Gasteiger partial charge in [0.05, 0.1) is 25.8 Å². The molecule has 1 aromatic carbocycles. The monoisotopic (exact) mass is 402 g/mol. The molecule has 0 aromatic heterocycles. The zero-order chi connectivity index (χ0) is 18.3. The van der Waals surface area contributed by atoms with Crippen molar-refractivity contribution in [2.75, 3.05) is 27.9 Å². The number of aliphatic carboxylic acids is 1. The molecule has 1 N–H and O–H groups in total. The van der Waals surface area contributed by atoms with E-state index in [0.717, 1.165) is 14.2 Å². The number of carbonyl (C=O) groups is 3. The zero-order valence-electron chi connectivity index (χ0n) is 13.1. The van der Waals surface area contributed by atoms with Crippen molar-refractivity contribution >= 4 is 39.9 Å². The van der Waals surface area contributed by atoms with Gasteiger partial charge in [-0.05, 0) is 39.7 Å². The lowest BCUT2D eigenvalue weighted by atomic mass is 10.1. The van der Waals surface area contributed by atoms with Crippen molar-refractivity contribution in [3.63, 3.8) is 0 Å². The molecule has 0 amide bonds. The van der Waals surface area contributed by atoms with Gasteiger partial charge >= 0.3 is 17.9 Å². The fourth-order valence-corrected chi connectivity index (χ4v) is 2.26. The first-order valence-corrected chi connectivity index (χ1v) is 7.23. The Kier molecular flexibility index (Phi) is 7.25. The second-order valence-electron chi connectivity index (χ2n) is 4.26. The Morgan fingerprint density at radius 2 is 1.71 bits per heavy atom. The highest BCUT2D eigenvalue weighted by molar-refractivity contribution is 9.10. The lowest BCUT2D eigenvalue weighted by Crippen LogP contribution is -2.15. The Labute approximate surface area is 146 Å². The summed E-state index contributed by atoms with van der Waals surface area (Å²) in [7, 11) is 3.64. The van der Waals surface area contributed by atoms with Gasteiger partial charge in [-0.2, -0.15) is 0 Å². The largest absolute Gasteiger partial charge is 0.493 e. The summed E-state index contributed by atoms with van der Waals surface area (Å²) in [4.78, 5) is 34.0. The maximum absolute atomic E-state index is 11.7. The maximum Gasteiger partial charge on any atom is 0.345 e. The number of ether oxygens (including phenoxy) is 4. The molecular formula is C15H15BrO8. The molecule has 1 aromatic rings. The van der Waals surface area contributed by atoms with Crippen molar-refractivity contribution in [2.24, 2.45) is 0 Å². The van der Waals surface area contributed by atoms with Gasteiger partial charge in [0.2, 0.25) is 0 Å². The number of hydrogen-bond acceptors (Lipinski definition) is 7. The Bertz CT molecular complexity index is 662. The van der Waals surface area contributed by atoms with Gasteiger partial charge in [0.15, 0.2) is 18.1 Å². The van der Waals surface area contributed by atoms with Crippen molar-refractivity contribution in [3.8, 4) is 11.5 Å². The van der Waals surface area contributed by atoms with E-state index in [9.17, 15) is 14.4 Å². The molecule has 0 aliphatic carbocycles. The van der Waals surface area contributed by atoms with Crippen LogP contribution < -0.4 is 9.47 Å². The fraction of sp³-hybridized carbons (Fsp3) is 0.267. The summed E-state index contributed by atoms with van der Waals surface area (Å²) in [6, 6.07) is 2.99. The molecule has 0 radical (unpaired) electrons. The lowest BCUT2D eigenvalue weighted by molar-refractivity contribution is -0.144. The zero-order valence-corrected chi connectivity index (χ0v) is 14.7. The molecule has 24 heavy (non-hydrogen) atoms. The van der Waals surface area contributed by atoms with Crippen LogP contribution in [0.3, 0.4) is 0 Å². The Morgan fingerprint density at radius 1 is 1.12 bits per heavy atom. The molecule has 0 aliphatic rings. The van der Waals surface area contributed by atoms with Crippen LogP contribution in [0, 0.1) is 0 Å². The Balaban J connectivity index is 3.31. The topological polar surface area (TPSA) is 108 Å². The number of carboxylic acid groups (broad SMARTS) is 1. The van der Waals surface area contributed by atoms with E-state index in [1.54, 1.807) is 0 Å². The minimum atomic E-state index is -1.15. The molecule has 9 heteroatoms. The van der Waals surface area contributed by atoms with Crippen LogP contribution in [-0.4, -0.2) is 51.0 Å². The number of rotatable bonds is 7. The number of halogens is 1. The second kappa shape index (κ2) is 8.92. The number of hydrogen-bond donors (Lipinski definition) is 1. The van der Waals surface area contributed by atoms with E-state index < -0.39 is 24.5 Å². The normalized spacial score (nSPS) is 9.67. The minimum absolute atomic E-state index is 0.176. The summed E-state index contributed by atoms with van der Waals surface area (Å²) in [6.45, 7) is -0.556. The minimum Gasteiger partial charge on any atom is -0.493 e. The summed E-state index contributed by atoms with van der Waals surface area (Å²) >= 11 is 3.23. The number of methoxy groups -OCH3 is 3. The predicted molar refractivity (Wildman–Crippen MR) is 85.8 cm³/mol. The van der Waals surface area contributed by atoms with E-state index in [2.05, 4.69) is 25.4 Å². The number of carbonyl (C=O) groups excluding carboxylic acids is 2. The van der Waals surface area contributed by atoms with Crippen LogP contribution in [0.1, 0.15) is 5.56 Å². The maximum atomic E-state index is 11.7. The van der Waals surface area contributed by atoms with E-state index in [0.29, 0.717) is 10.0 Å². The Morgan fingerprint density at radius 3 is 2.17 bits per heavy atom.